The van der Waals surface area contributed by atoms with Crippen LogP contribution < -0.4 is 0 Å². The minimum Gasteiger partial charge on any atom is -0.388 e. The van der Waals surface area contributed by atoms with Crippen molar-refractivity contribution in [2.75, 3.05) is 0 Å². The number of aliphatic hydroxyl groups excluding tert-OH is 1. The molecule has 1 N–H and O–H groups in total. The Hall–Kier alpha value is -1.11. The Bertz CT molecular complexity index is 321. The maximum absolute atomic E-state index is 12.1. The smallest absolute Gasteiger partial charge is 0.388 e. The third kappa shape index (κ3) is 3.19. The van der Waals surface area contributed by atoms with Crippen molar-refractivity contribution in [2.24, 2.45) is 0 Å². The molecule has 0 aromatic carbocycles. The molecule has 1 rings (SSSR count). The lowest BCUT2D eigenvalue weighted by Gasteiger charge is -2.09. The van der Waals surface area contributed by atoms with Gasteiger partial charge in [-0.25, -0.2) is 0 Å². The van der Waals surface area contributed by atoms with Gasteiger partial charge in [-0.15, -0.1) is 10.2 Å². The molecular formula is C8H12F3N3O. The predicted molar refractivity (Wildman–Crippen MR) is 46.0 cm³/mol. The fourth-order valence-corrected chi connectivity index (χ4v) is 1.28. The molecule has 15 heavy (non-hydrogen) atoms. The molecule has 0 aliphatic heterocycles. The van der Waals surface area contributed by atoms with Crippen molar-refractivity contribution >= 4 is 0 Å². The molecule has 0 bridgehead atoms. The van der Waals surface area contributed by atoms with E-state index in [0.717, 1.165) is 0 Å². The molecular weight excluding hydrogens is 211 g/mol. The van der Waals surface area contributed by atoms with Gasteiger partial charge in [-0.2, -0.15) is 13.2 Å². The van der Waals surface area contributed by atoms with Crippen LogP contribution in [0.4, 0.5) is 13.2 Å². The third-order valence-electron chi connectivity index (χ3n) is 1.85. The van der Waals surface area contributed by atoms with Gasteiger partial charge in [-0.1, -0.05) is 6.92 Å². The number of nitrogens with zero attached hydrogens (tertiary/aromatic N) is 3. The molecule has 4 nitrogen and oxygen atoms in total. The van der Waals surface area contributed by atoms with E-state index in [0.29, 0.717) is 13.0 Å². The molecule has 0 fully saturated rings. The first-order valence-corrected chi connectivity index (χ1v) is 4.56. The molecule has 0 amide bonds. The quantitative estimate of drug-likeness (QED) is 0.836. The summed E-state index contributed by atoms with van der Waals surface area (Å²) in [4.78, 5) is 0. The number of rotatable bonds is 4. The monoisotopic (exact) mass is 223 g/mol. The Morgan fingerprint density at radius 2 is 1.87 bits per heavy atom. The Kier molecular flexibility index (Phi) is 3.67. The van der Waals surface area contributed by atoms with Gasteiger partial charge in [0.1, 0.15) is 18.9 Å². The Morgan fingerprint density at radius 3 is 2.33 bits per heavy atom. The molecule has 0 aliphatic rings. The maximum atomic E-state index is 12.1. The second kappa shape index (κ2) is 4.61. The van der Waals surface area contributed by atoms with Gasteiger partial charge in [0.15, 0.2) is 5.82 Å². The lowest BCUT2D eigenvalue weighted by molar-refractivity contribution is -0.129. The Labute approximate surface area is 84.7 Å². The van der Waals surface area contributed by atoms with Crippen LogP contribution in [0.5, 0.6) is 0 Å². The Morgan fingerprint density at radius 1 is 1.27 bits per heavy atom. The van der Waals surface area contributed by atoms with Gasteiger partial charge in [0, 0.05) is 6.54 Å². The maximum Gasteiger partial charge on any atom is 0.396 e. The summed E-state index contributed by atoms with van der Waals surface area (Å²) in [5.74, 6) is 0.0319. The topological polar surface area (TPSA) is 50.9 Å². The van der Waals surface area contributed by atoms with Crippen molar-refractivity contribution in [1.29, 1.82) is 0 Å². The number of alkyl halides is 3. The van der Waals surface area contributed by atoms with Gasteiger partial charge >= 0.3 is 6.18 Å². The molecule has 7 heteroatoms. The van der Waals surface area contributed by atoms with Crippen LogP contribution in [0.3, 0.4) is 0 Å². The summed E-state index contributed by atoms with van der Waals surface area (Å²) >= 11 is 0. The highest BCUT2D eigenvalue weighted by atomic mass is 19.4. The van der Waals surface area contributed by atoms with E-state index in [4.69, 9.17) is 5.11 Å². The van der Waals surface area contributed by atoms with Crippen molar-refractivity contribution in [2.45, 2.75) is 39.1 Å². The van der Waals surface area contributed by atoms with E-state index in [9.17, 15) is 13.2 Å². The Balaban J connectivity index is 2.91. The van der Waals surface area contributed by atoms with E-state index in [1.807, 2.05) is 6.92 Å². The molecule has 0 atom stereocenters. The predicted octanol–water partition coefficient (Wildman–Crippen LogP) is 1.29. The number of hydrogen-bond donors (Lipinski definition) is 1. The zero-order valence-electron chi connectivity index (χ0n) is 8.25. The molecule has 0 saturated heterocycles. The van der Waals surface area contributed by atoms with Crippen LogP contribution in [0.1, 0.15) is 25.0 Å². The van der Waals surface area contributed by atoms with Gasteiger partial charge in [0.05, 0.1) is 0 Å². The van der Waals surface area contributed by atoms with Gasteiger partial charge < -0.3 is 9.67 Å². The summed E-state index contributed by atoms with van der Waals surface area (Å²) in [6, 6.07) is 0. The minimum absolute atomic E-state index is 0.145. The standard InChI is InChI=1S/C8H12F3N3O/c1-2-3-14-6(4-8(9,10)11)12-13-7(14)5-15/h15H,2-5H2,1H3. The summed E-state index contributed by atoms with van der Waals surface area (Å²) < 4.78 is 37.7. The molecule has 0 radical (unpaired) electrons. The summed E-state index contributed by atoms with van der Waals surface area (Å²) in [7, 11) is 0. The average Bonchev–Trinajstić information content (AvgIpc) is 2.47. The third-order valence-corrected chi connectivity index (χ3v) is 1.85. The van der Waals surface area contributed by atoms with Crippen LogP contribution in [0.15, 0.2) is 0 Å². The van der Waals surface area contributed by atoms with E-state index in [-0.39, 0.29) is 11.6 Å². The first-order chi connectivity index (χ1) is 6.98. The van der Waals surface area contributed by atoms with Gasteiger partial charge in [-0.3, -0.25) is 0 Å². The van der Waals surface area contributed by atoms with Crippen LogP contribution in [0, 0.1) is 0 Å². The number of hydrogen-bond acceptors (Lipinski definition) is 3. The van der Waals surface area contributed by atoms with Crippen LogP contribution >= 0.6 is 0 Å². The van der Waals surface area contributed by atoms with Crippen LogP contribution in [-0.4, -0.2) is 26.0 Å². The molecule has 1 heterocycles. The average molecular weight is 223 g/mol. The normalized spacial score (nSPS) is 12.1. The second-order valence-corrected chi connectivity index (χ2v) is 3.13. The van der Waals surface area contributed by atoms with Crippen molar-refractivity contribution < 1.29 is 18.3 Å². The van der Waals surface area contributed by atoms with Gasteiger partial charge in [0.25, 0.3) is 0 Å². The van der Waals surface area contributed by atoms with E-state index < -0.39 is 19.2 Å². The summed E-state index contributed by atoms with van der Waals surface area (Å²) in [6.07, 6.45) is -4.75. The highest BCUT2D eigenvalue weighted by molar-refractivity contribution is 4.96. The highest BCUT2D eigenvalue weighted by Gasteiger charge is 2.31. The van der Waals surface area contributed by atoms with Crippen LogP contribution in [0.25, 0.3) is 0 Å². The van der Waals surface area contributed by atoms with Crippen molar-refractivity contribution in [1.82, 2.24) is 14.8 Å². The SMILES string of the molecule is CCCn1c(CO)nnc1CC(F)(F)F. The number of aromatic nitrogens is 3. The molecule has 0 aliphatic carbocycles. The van der Waals surface area contributed by atoms with Crippen molar-refractivity contribution in [3.8, 4) is 0 Å². The van der Waals surface area contributed by atoms with E-state index in [2.05, 4.69) is 10.2 Å². The van der Waals surface area contributed by atoms with Crippen molar-refractivity contribution in [3.63, 3.8) is 0 Å². The van der Waals surface area contributed by atoms with Crippen LogP contribution in [0.2, 0.25) is 0 Å². The minimum atomic E-state index is -4.30. The first kappa shape index (κ1) is 12.0. The van der Waals surface area contributed by atoms with E-state index >= 15 is 0 Å². The largest absolute Gasteiger partial charge is 0.396 e. The van der Waals surface area contributed by atoms with Crippen molar-refractivity contribution in [3.05, 3.63) is 11.6 Å². The fraction of sp³-hybridized carbons (Fsp3) is 0.750. The van der Waals surface area contributed by atoms with Crippen LogP contribution in [-0.2, 0) is 19.6 Å². The highest BCUT2D eigenvalue weighted by Crippen LogP contribution is 2.20. The second-order valence-electron chi connectivity index (χ2n) is 3.13. The van der Waals surface area contributed by atoms with E-state index in [1.165, 1.54) is 4.57 Å². The summed E-state index contributed by atoms with van der Waals surface area (Å²) in [5, 5.41) is 15.8. The van der Waals surface area contributed by atoms with E-state index in [1.54, 1.807) is 0 Å². The zero-order valence-corrected chi connectivity index (χ0v) is 8.25. The zero-order chi connectivity index (χ0) is 11.5. The molecule has 1 aromatic rings. The molecule has 0 spiro atoms. The van der Waals surface area contributed by atoms with Gasteiger partial charge in [-0.05, 0) is 6.42 Å². The molecule has 0 unspecified atom stereocenters. The molecule has 0 saturated carbocycles. The number of aliphatic hydroxyl groups is 1. The lowest BCUT2D eigenvalue weighted by Crippen LogP contribution is -2.17. The summed E-state index contributed by atoms with van der Waals surface area (Å²) in [5.41, 5.74) is 0. The lowest BCUT2D eigenvalue weighted by atomic mass is 10.3. The van der Waals surface area contributed by atoms with Gasteiger partial charge in [0.2, 0.25) is 0 Å². The summed E-state index contributed by atoms with van der Waals surface area (Å²) in [6.45, 7) is 1.82. The fourth-order valence-electron chi connectivity index (χ4n) is 1.28. The molecule has 1 aromatic heterocycles. The molecule has 86 valence electrons. The number of halogens is 3. The first-order valence-electron chi connectivity index (χ1n) is 4.56.